The smallest absolute Gasteiger partial charge is 0.294 e. The molecule has 0 fully saturated rings. The van der Waals surface area contributed by atoms with Gasteiger partial charge in [0.25, 0.3) is 5.91 Å². The maximum Gasteiger partial charge on any atom is 0.294 e. The van der Waals surface area contributed by atoms with Crippen molar-refractivity contribution >= 4 is 17.4 Å². The Kier molecular flexibility index (Phi) is 4.27. The highest BCUT2D eigenvalue weighted by Crippen LogP contribution is 2.42. The zero-order chi connectivity index (χ0) is 19.8. The molecule has 7 heteroatoms. The molecule has 0 saturated carbocycles. The second-order valence-electron chi connectivity index (χ2n) is 6.15. The number of halogens is 2. The van der Waals surface area contributed by atoms with Crippen molar-refractivity contribution in [2.45, 2.75) is 6.04 Å². The predicted molar refractivity (Wildman–Crippen MR) is 95.7 cm³/mol. The SMILES string of the molecule is O=C(C1=C(O)C(=O)N(c2cccc(F)c2)C1c1ccccc1F)c1ccco1. The van der Waals surface area contributed by atoms with Crippen LogP contribution in [0.2, 0.25) is 0 Å². The number of furan rings is 1. The fraction of sp³-hybridized carbons (Fsp3) is 0.0476. The maximum absolute atomic E-state index is 14.6. The number of anilines is 1. The number of rotatable bonds is 4. The molecular weight excluding hydrogens is 368 g/mol. The van der Waals surface area contributed by atoms with Gasteiger partial charge in [0.2, 0.25) is 5.78 Å². The van der Waals surface area contributed by atoms with Crippen LogP contribution in [0, 0.1) is 11.6 Å². The third-order valence-corrected chi connectivity index (χ3v) is 4.48. The van der Waals surface area contributed by atoms with Crippen LogP contribution in [0.3, 0.4) is 0 Å². The number of ketones is 1. The van der Waals surface area contributed by atoms with Crippen LogP contribution < -0.4 is 4.90 Å². The Bertz CT molecular complexity index is 1110. The number of carbonyl (C=O) groups excluding carboxylic acids is 2. The molecule has 28 heavy (non-hydrogen) atoms. The van der Waals surface area contributed by atoms with E-state index >= 15 is 0 Å². The summed E-state index contributed by atoms with van der Waals surface area (Å²) in [6.45, 7) is 0. The van der Waals surface area contributed by atoms with Crippen molar-refractivity contribution < 1.29 is 27.9 Å². The van der Waals surface area contributed by atoms with Gasteiger partial charge in [-0.1, -0.05) is 24.3 Å². The molecule has 1 amide bonds. The second kappa shape index (κ2) is 6.77. The van der Waals surface area contributed by atoms with Crippen molar-refractivity contribution in [2.75, 3.05) is 4.90 Å². The van der Waals surface area contributed by atoms with Crippen LogP contribution in [0.1, 0.15) is 22.2 Å². The van der Waals surface area contributed by atoms with E-state index in [1.54, 1.807) is 0 Å². The van der Waals surface area contributed by atoms with Crippen LogP contribution in [0.5, 0.6) is 0 Å². The van der Waals surface area contributed by atoms with Gasteiger partial charge in [-0.3, -0.25) is 14.5 Å². The third kappa shape index (κ3) is 2.77. The van der Waals surface area contributed by atoms with E-state index in [4.69, 9.17) is 4.42 Å². The van der Waals surface area contributed by atoms with Gasteiger partial charge in [0.1, 0.15) is 11.6 Å². The Morgan fingerprint density at radius 2 is 1.82 bits per heavy atom. The van der Waals surface area contributed by atoms with E-state index in [9.17, 15) is 23.5 Å². The van der Waals surface area contributed by atoms with Gasteiger partial charge in [0.15, 0.2) is 11.5 Å². The largest absolute Gasteiger partial charge is 0.503 e. The van der Waals surface area contributed by atoms with Gasteiger partial charge >= 0.3 is 0 Å². The van der Waals surface area contributed by atoms with E-state index in [1.165, 1.54) is 60.9 Å². The monoisotopic (exact) mass is 381 g/mol. The first kappa shape index (κ1) is 17.7. The Hall–Kier alpha value is -3.74. The minimum Gasteiger partial charge on any atom is -0.503 e. The van der Waals surface area contributed by atoms with Crippen LogP contribution in [-0.2, 0) is 4.79 Å². The number of hydrogen-bond donors (Lipinski definition) is 1. The molecule has 2 heterocycles. The Morgan fingerprint density at radius 1 is 1.04 bits per heavy atom. The van der Waals surface area contributed by atoms with Crippen molar-refractivity contribution in [1.29, 1.82) is 0 Å². The Morgan fingerprint density at radius 3 is 2.50 bits per heavy atom. The van der Waals surface area contributed by atoms with Crippen molar-refractivity contribution in [2.24, 2.45) is 0 Å². The fourth-order valence-corrected chi connectivity index (χ4v) is 3.26. The van der Waals surface area contributed by atoms with Gasteiger partial charge < -0.3 is 9.52 Å². The van der Waals surface area contributed by atoms with Gasteiger partial charge in [-0.25, -0.2) is 8.78 Å². The van der Waals surface area contributed by atoms with Crippen molar-refractivity contribution in [3.05, 3.63) is 101 Å². The highest BCUT2D eigenvalue weighted by Gasteiger charge is 2.46. The molecule has 3 aromatic rings. The highest BCUT2D eigenvalue weighted by atomic mass is 19.1. The van der Waals surface area contributed by atoms with E-state index < -0.39 is 35.1 Å². The zero-order valence-electron chi connectivity index (χ0n) is 14.3. The molecule has 1 aliphatic rings. The fourth-order valence-electron chi connectivity index (χ4n) is 3.26. The average Bonchev–Trinajstić information content (AvgIpc) is 3.30. The molecule has 0 aliphatic carbocycles. The van der Waals surface area contributed by atoms with E-state index in [0.29, 0.717) is 0 Å². The number of hydrogen-bond acceptors (Lipinski definition) is 4. The Balaban J connectivity index is 1.92. The van der Waals surface area contributed by atoms with Gasteiger partial charge in [-0.05, 0) is 36.4 Å². The minimum atomic E-state index is -1.28. The molecule has 1 atom stereocenters. The van der Waals surface area contributed by atoms with Gasteiger partial charge in [0.05, 0.1) is 17.9 Å². The first-order valence-electron chi connectivity index (χ1n) is 8.34. The van der Waals surface area contributed by atoms with E-state index in [1.807, 2.05) is 0 Å². The van der Waals surface area contributed by atoms with Gasteiger partial charge in [-0.2, -0.15) is 0 Å². The molecule has 1 aliphatic heterocycles. The maximum atomic E-state index is 14.6. The number of nitrogens with zero attached hydrogens (tertiary/aromatic N) is 1. The summed E-state index contributed by atoms with van der Waals surface area (Å²) >= 11 is 0. The van der Waals surface area contributed by atoms with Crippen LogP contribution in [0.4, 0.5) is 14.5 Å². The summed E-state index contributed by atoms with van der Waals surface area (Å²) in [5.41, 5.74) is -0.277. The standard InChI is InChI=1S/C21H13F2NO4/c22-12-5-3-6-13(11-12)24-18(14-7-1-2-8-15(14)23)17(20(26)21(24)27)19(25)16-9-4-10-28-16/h1-11,18,26H. The van der Waals surface area contributed by atoms with Gasteiger partial charge in [0, 0.05) is 11.3 Å². The molecule has 0 saturated heterocycles. The first-order chi connectivity index (χ1) is 13.5. The summed E-state index contributed by atoms with van der Waals surface area (Å²) in [7, 11) is 0. The molecule has 1 aromatic heterocycles. The van der Waals surface area contributed by atoms with E-state index in [2.05, 4.69) is 0 Å². The van der Waals surface area contributed by atoms with Crippen molar-refractivity contribution in [3.8, 4) is 0 Å². The molecule has 5 nitrogen and oxygen atoms in total. The summed E-state index contributed by atoms with van der Waals surface area (Å²) in [6.07, 6.45) is 1.27. The number of amides is 1. The number of Topliss-reactive ketones (excluding diaryl/α,β-unsaturated/α-hetero) is 1. The van der Waals surface area contributed by atoms with Crippen LogP contribution >= 0.6 is 0 Å². The molecule has 0 bridgehead atoms. The summed E-state index contributed by atoms with van der Waals surface area (Å²) in [6, 6.07) is 12.2. The zero-order valence-corrected chi connectivity index (χ0v) is 14.3. The van der Waals surface area contributed by atoms with Crippen molar-refractivity contribution in [1.82, 2.24) is 0 Å². The molecule has 2 aromatic carbocycles. The van der Waals surface area contributed by atoms with Crippen LogP contribution in [0.15, 0.2) is 82.7 Å². The Labute approximate surface area is 158 Å². The molecular formula is C21H13F2NO4. The van der Waals surface area contributed by atoms with Gasteiger partial charge in [-0.15, -0.1) is 0 Å². The predicted octanol–water partition coefficient (Wildman–Crippen LogP) is 4.34. The highest BCUT2D eigenvalue weighted by molar-refractivity contribution is 6.20. The summed E-state index contributed by atoms with van der Waals surface area (Å²) in [5.74, 6) is -3.95. The number of aliphatic hydroxyl groups excluding tert-OH is 1. The van der Waals surface area contributed by atoms with Crippen LogP contribution in [0.25, 0.3) is 0 Å². The molecule has 1 unspecified atom stereocenters. The summed E-state index contributed by atoms with van der Waals surface area (Å²) in [5, 5.41) is 10.5. The van der Waals surface area contributed by atoms with Crippen LogP contribution in [-0.4, -0.2) is 16.8 Å². The minimum absolute atomic E-state index is 0.0148. The third-order valence-electron chi connectivity index (χ3n) is 4.48. The molecule has 1 N–H and O–H groups in total. The lowest BCUT2D eigenvalue weighted by Crippen LogP contribution is -2.31. The summed E-state index contributed by atoms with van der Waals surface area (Å²) in [4.78, 5) is 26.7. The lowest BCUT2D eigenvalue weighted by atomic mass is 9.94. The topological polar surface area (TPSA) is 70.8 Å². The number of carbonyl (C=O) groups is 2. The molecule has 0 spiro atoms. The normalized spacial score (nSPS) is 16.7. The first-order valence-corrected chi connectivity index (χ1v) is 8.34. The van der Waals surface area contributed by atoms with Crippen molar-refractivity contribution in [3.63, 3.8) is 0 Å². The molecule has 4 rings (SSSR count). The summed E-state index contributed by atoms with van der Waals surface area (Å²) < 4.78 is 33.4. The average molecular weight is 381 g/mol. The number of aliphatic hydroxyl groups is 1. The quantitative estimate of drug-likeness (QED) is 0.683. The van der Waals surface area contributed by atoms with E-state index in [-0.39, 0.29) is 22.6 Å². The second-order valence-corrected chi connectivity index (χ2v) is 6.15. The number of benzene rings is 2. The van der Waals surface area contributed by atoms with E-state index in [0.717, 1.165) is 11.0 Å². The lowest BCUT2D eigenvalue weighted by molar-refractivity contribution is -0.117. The molecule has 0 radical (unpaired) electrons. The lowest BCUT2D eigenvalue weighted by Gasteiger charge is -2.27. The molecule has 140 valence electrons.